The molecule has 6 rings (SSSR count). The van der Waals surface area contributed by atoms with Crippen LogP contribution in [0.3, 0.4) is 0 Å². The Labute approximate surface area is 185 Å². The summed E-state index contributed by atoms with van der Waals surface area (Å²) < 4.78 is 15.8. The van der Waals surface area contributed by atoms with Gasteiger partial charge in [-0.2, -0.15) is 0 Å². The van der Waals surface area contributed by atoms with Gasteiger partial charge in [-0.15, -0.1) is 11.3 Å². The quantitative estimate of drug-likeness (QED) is 0.448. The molecule has 3 nitrogen and oxygen atoms in total. The second kappa shape index (κ2) is 7.25. The van der Waals surface area contributed by atoms with Crippen LogP contribution in [0.5, 0.6) is 0 Å². The van der Waals surface area contributed by atoms with Crippen molar-refractivity contribution < 1.29 is 4.39 Å². The van der Waals surface area contributed by atoms with E-state index in [1.165, 1.54) is 40.2 Å². The molecule has 152 valence electrons. The SMILES string of the molecule is O=c1/c(=C\c2ccc(F)cc2)sc2n1[C@H](c1cccs1)C1=C(N=2)c2ccccc2CC1. The largest absolute Gasteiger partial charge is 0.271 e. The number of thiophene rings is 1. The zero-order valence-corrected chi connectivity index (χ0v) is 18.0. The van der Waals surface area contributed by atoms with E-state index in [-0.39, 0.29) is 17.4 Å². The van der Waals surface area contributed by atoms with Gasteiger partial charge in [0.15, 0.2) is 4.80 Å². The predicted molar refractivity (Wildman–Crippen MR) is 123 cm³/mol. The lowest BCUT2D eigenvalue weighted by Gasteiger charge is -2.30. The number of thiazole rings is 1. The smallest absolute Gasteiger partial charge is 0.271 e. The third-order valence-corrected chi connectivity index (χ3v) is 7.76. The van der Waals surface area contributed by atoms with E-state index in [1.54, 1.807) is 23.5 Å². The molecule has 0 fully saturated rings. The summed E-state index contributed by atoms with van der Waals surface area (Å²) in [6.07, 6.45) is 3.66. The molecule has 0 bridgehead atoms. The van der Waals surface area contributed by atoms with Crippen molar-refractivity contribution in [2.75, 3.05) is 0 Å². The summed E-state index contributed by atoms with van der Waals surface area (Å²) in [6.45, 7) is 0. The van der Waals surface area contributed by atoms with Crippen LogP contribution in [-0.2, 0) is 6.42 Å². The molecule has 0 amide bonds. The molecule has 0 unspecified atom stereocenters. The maximum absolute atomic E-state index is 13.5. The van der Waals surface area contributed by atoms with E-state index < -0.39 is 0 Å². The van der Waals surface area contributed by atoms with Gasteiger partial charge in [-0.05, 0) is 59.2 Å². The molecular formula is C25H17FN2OS2. The van der Waals surface area contributed by atoms with Gasteiger partial charge in [-0.1, -0.05) is 53.8 Å². The Bertz CT molecular complexity index is 1510. The molecule has 31 heavy (non-hydrogen) atoms. The van der Waals surface area contributed by atoms with E-state index >= 15 is 0 Å². The maximum atomic E-state index is 13.5. The molecule has 1 atom stereocenters. The van der Waals surface area contributed by atoms with E-state index in [1.807, 2.05) is 22.8 Å². The summed E-state index contributed by atoms with van der Waals surface area (Å²) in [7, 11) is 0. The van der Waals surface area contributed by atoms with Crippen molar-refractivity contribution in [3.8, 4) is 0 Å². The fraction of sp³-hybridized carbons (Fsp3) is 0.120. The van der Waals surface area contributed by atoms with Crippen molar-refractivity contribution in [2.24, 2.45) is 4.99 Å². The third-order valence-electron chi connectivity index (χ3n) is 5.85. The first-order chi connectivity index (χ1) is 15.2. The molecule has 6 heteroatoms. The topological polar surface area (TPSA) is 34.4 Å². The molecule has 2 aromatic heterocycles. The van der Waals surface area contributed by atoms with Gasteiger partial charge in [0, 0.05) is 10.4 Å². The molecule has 4 aromatic rings. The Morgan fingerprint density at radius 2 is 1.87 bits per heavy atom. The van der Waals surface area contributed by atoms with Gasteiger partial charge >= 0.3 is 0 Å². The monoisotopic (exact) mass is 444 g/mol. The minimum absolute atomic E-state index is 0.0446. The Morgan fingerprint density at radius 1 is 1.03 bits per heavy atom. The summed E-state index contributed by atoms with van der Waals surface area (Å²) in [5.41, 5.74) is 5.45. The van der Waals surface area contributed by atoms with Crippen LogP contribution < -0.4 is 14.9 Å². The van der Waals surface area contributed by atoms with Crippen LogP contribution in [0.2, 0.25) is 0 Å². The minimum Gasteiger partial charge on any atom is -0.271 e. The normalized spacial score (nSPS) is 17.7. The second-order valence-electron chi connectivity index (χ2n) is 7.68. The van der Waals surface area contributed by atoms with Crippen LogP contribution in [0.15, 0.2) is 81.4 Å². The predicted octanol–water partition coefficient (Wildman–Crippen LogP) is 4.52. The fourth-order valence-electron chi connectivity index (χ4n) is 4.43. The summed E-state index contributed by atoms with van der Waals surface area (Å²) in [5.74, 6) is -0.289. The van der Waals surface area contributed by atoms with Gasteiger partial charge in [0.25, 0.3) is 5.56 Å². The Hall–Kier alpha value is -3.09. The number of aromatic nitrogens is 1. The van der Waals surface area contributed by atoms with Crippen LogP contribution in [0.25, 0.3) is 11.8 Å². The van der Waals surface area contributed by atoms with Crippen molar-refractivity contribution in [1.29, 1.82) is 0 Å². The molecule has 0 saturated carbocycles. The van der Waals surface area contributed by atoms with Crippen molar-refractivity contribution in [3.05, 3.63) is 119 Å². The van der Waals surface area contributed by atoms with Crippen LogP contribution in [0, 0.1) is 5.82 Å². The molecule has 3 heterocycles. The van der Waals surface area contributed by atoms with E-state index in [4.69, 9.17) is 4.99 Å². The first kappa shape index (κ1) is 18.7. The molecule has 2 aliphatic rings. The highest BCUT2D eigenvalue weighted by atomic mass is 32.1. The van der Waals surface area contributed by atoms with E-state index in [0.29, 0.717) is 9.33 Å². The number of fused-ring (bicyclic) bond motifs is 3. The van der Waals surface area contributed by atoms with Gasteiger partial charge < -0.3 is 0 Å². The zero-order chi connectivity index (χ0) is 20.9. The van der Waals surface area contributed by atoms with Gasteiger partial charge in [-0.3, -0.25) is 9.36 Å². The standard InChI is InChI=1S/C25H17FN2OS2/c26-17-10-7-15(8-11-17)14-21-24(29)28-23(20-6-3-13-30-20)19-12-9-16-4-1-2-5-18(16)22(19)27-25(28)31-21/h1-8,10-11,13-14,23H,9,12H2/b21-14+/t23-/m0/s1. The first-order valence-electron chi connectivity index (χ1n) is 10.1. The van der Waals surface area contributed by atoms with Gasteiger partial charge in [-0.25, -0.2) is 9.38 Å². The average Bonchev–Trinajstić information content (AvgIpc) is 3.43. The van der Waals surface area contributed by atoms with Crippen molar-refractivity contribution in [2.45, 2.75) is 18.9 Å². The first-order valence-corrected chi connectivity index (χ1v) is 11.8. The minimum atomic E-state index is -0.289. The molecule has 0 saturated heterocycles. The summed E-state index contributed by atoms with van der Waals surface area (Å²) >= 11 is 3.07. The lowest BCUT2D eigenvalue weighted by molar-refractivity contribution is 0.593. The molecule has 1 aliphatic heterocycles. The van der Waals surface area contributed by atoms with Gasteiger partial charge in [0.05, 0.1) is 16.3 Å². The number of aryl methyl sites for hydroxylation is 1. The average molecular weight is 445 g/mol. The van der Waals surface area contributed by atoms with Crippen molar-refractivity contribution in [3.63, 3.8) is 0 Å². The number of rotatable bonds is 2. The number of hydrogen-bond donors (Lipinski definition) is 0. The molecular weight excluding hydrogens is 427 g/mol. The Morgan fingerprint density at radius 3 is 2.68 bits per heavy atom. The van der Waals surface area contributed by atoms with Crippen molar-refractivity contribution in [1.82, 2.24) is 4.57 Å². The lowest BCUT2D eigenvalue weighted by atomic mass is 9.85. The third kappa shape index (κ3) is 3.06. The second-order valence-corrected chi connectivity index (χ2v) is 9.67. The molecule has 0 radical (unpaired) electrons. The number of benzene rings is 2. The number of allylic oxidation sites excluding steroid dienone is 1. The zero-order valence-electron chi connectivity index (χ0n) is 16.4. The number of halogens is 1. The number of hydrogen-bond acceptors (Lipinski definition) is 4. The highest BCUT2D eigenvalue weighted by Crippen LogP contribution is 2.42. The summed E-state index contributed by atoms with van der Waals surface area (Å²) in [6, 6.07) is 18.6. The number of nitrogens with zero attached hydrogens (tertiary/aromatic N) is 2. The summed E-state index contributed by atoms with van der Waals surface area (Å²) in [5, 5.41) is 2.06. The van der Waals surface area contributed by atoms with Crippen LogP contribution in [0.1, 0.15) is 34.0 Å². The molecule has 0 N–H and O–H groups in total. The summed E-state index contributed by atoms with van der Waals surface area (Å²) in [4.78, 5) is 20.4. The highest BCUT2D eigenvalue weighted by Gasteiger charge is 2.32. The van der Waals surface area contributed by atoms with E-state index in [9.17, 15) is 9.18 Å². The molecule has 0 spiro atoms. The lowest BCUT2D eigenvalue weighted by Crippen LogP contribution is -2.38. The molecule has 2 aromatic carbocycles. The van der Waals surface area contributed by atoms with Crippen LogP contribution in [-0.4, -0.2) is 4.57 Å². The Kier molecular flexibility index (Phi) is 4.37. The fourth-order valence-corrected chi connectivity index (χ4v) is 6.28. The molecule has 1 aliphatic carbocycles. The van der Waals surface area contributed by atoms with Crippen molar-refractivity contribution >= 4 is 34.4 Å². The van der Waals surface area contributed by atoms with Gasteiger partial charge in [0.1, 0.15) is 5.82 Å². The Balaban J connectivity index is 1.62. The van der Waals surface area contributed by atoms with E-state index in [2.05, 4.69) is 29.6 Å². The van der Waals surface area contributed by atoms with E-state index in [0.717, 1.165) is 29.0 Å². The van der Waals surface area contributed by atoms with Crippen LogP contribution >= 0.6 is 22.7 Å². The van der Waals surface area contributed by atoms with Gasteiger partial charge in [0.2, 0.25) is 0 Å². The highest BCUT2D eigenvalue weighted by molar-refractivity contribution is 7.10. The van der Waals surface area contributed by atoms with Crippen LogP contribution in [0.4, 0.5) is 4.39 Å². The maximum Gasteiger partial charge on any atom is 0.271 e.